The molecule has 35 heavy (non-hydrogen) atoms. The van der Waals surface area contributed by atoms with E-state index in [1.165, 1.54) is 0 Å². The summed E-state index contributed by atoms with van der Waals surface area (Å²) < 4.78 is 1.93. The highest BCUT2D eigenvalue weighted by atomic mass is 16.2. The van der Waals surface area contributed by atoms with Crippen LogP contribution in [0.3, 0.4) is 0 Å². The van der Waals surface area contributed by atoms with Crippen molar-refractivity contribution in [2.75, 3.05) is 55.4 Å². The summed E-state index contributed by atoms with van der Waals surface area (Å²) in [6.07, 6.45) is 1.83. The summed E-state index contributed by atoms with van der Waals surface area (Å²) >= 11 is 0. The molecule has 1 saturated heterocycles. The number of piperazine rings is 1. The highest BCUT2D eigenvalue weighted by molar-refractivity contribution is 5.90. The third-order valence-electron chi connectivity index (χ3n) is 6.42. The number of rotatable bonds is 5. The maximum Gasteiger partial charge on any atom is 0.321 e. The van der Waals surface area contributed by atoms with Crippen molar-refractivity contribution >= 4 is 34.3 Å². The molecule has 0 radical (unpaired) electrons. The first-order chi connectivity index (χ1) is 16.9. The second-order valence-electron chi connectivity index (χ2n) is 9.40. The lowest BCUT2D eigenvalue weighted by Gasteiger charge is -2.36. The third-order valence-corrected chi connectivity index (χ3v) is 6.42. The second-order valence-corrected chi connectivity index (χ2v) is 9.40. The van der Waals surface area contributed by atoms with Crippen molar-refractivity contribution in [2.45, 2.75) is 19.9 Å². The van der Waals surface area contributed by atoms with E-state index in [0.717, 1.165) is 52.7 Å². The Morgan fingerprint density at radius 1 is 1.06 bits per heavy atom. The van der Waals surface area contributed by atoms with E-state index in [9.17, 15) is 4.79 Å². The Labute approximate surface area is 205 Å². The molecule has 9 nitrogen and oxygen atoms in total. The Bertz CT molecular complexity index is 1310. The van der Waals surface area contributed by atoms with Crippen molar-refractivity contribution < 1.29 is 4.79 Å². The number of fused-ring (bicyclic) bond motifs is 1. The van der Waals surface area contributed by atoms with Crippen LogP contribution < -0.4 is 15.1 Å². The van der Waals surface area contributed by atoms with Crippen molar-refractivity contribution in [3.05, 3.63) is 54.7 Å². The van der Waals surface area contributed by atoms with Crippen molar-refractivity contribution in [1.29, 1.82) is 0 Å². The van der Waals surface area contributed by atoms with Gasteiger partial charge in [0.1, 0.15) is 11.3 Å². The number of hydrogen-bond acceptors (Lipinski definition) is 5. The Morgan fingerprint density at radius 2 is 1.80 bits per heavy atom. The number of aromatic amines is 1. The largest absolute Gasteiger partial charge is 0.378 e. The molecule has 3 heterocycles. The van der Waals surface area contributed by atoms with Crippen LogP contribution in [0.5, 0.6) is 0 Å². The molecular formula is C26H32N8O. The van der Waals surface area contributed by atoms with Gasteiger partial charge in [0.25, 0.3) is 0 Å². The summed E-state index contributed by atoms with van der Waals surface area (Å²) in [6, 6.07) is 16.5. The number of carbonyl (C=O) groups excluding carboxylic acids is 1. The van der Waals surface area contributed by atoms with Crippen LogP contribution in [-0.4, -0.2) is 71.0 Å². The predicted molar refractivity (Wildman–Crippen MR) is 141 cm³/mol. The Morgan fingerprint density at radius 3 is 2.49 bits per heavy atom. The molecule has 1 aliphatic heterocycles. The number of H-pyrrole nitrogens is 1. The summed E-state index contributed by atoms with van der Waals surface area (Å²) in [5.41, 5.74) is 5.88. The molecule has 0 unspecified atom stereocenters. The standard InChI is InChI=1S/C26H32N8O/c1-18(2)34-25-23(17-27-34)29-24(30-25)19-8-10-21(11-9-19)32-12-14-33(15-13-32)26(35)28-20-6-5-7-22(16-20)31(3)4/h5-11,16-18H,12-15H2,1-4H3,(H,28,35)(H,29,30). The van der Waals surface area contributed by atoms with Crippen LogP contribution in [0.2, 0.25) is 0 Å². The fourth-order valence-corrected chi connectivity index (χ4v) is 4.39. The van der Waals surface area contributed by atoms with Crippen LogP contribution in [0.1, 0.15) is 19.9 Å². The fourth-order valence-electron chi connectivity index (χ4n) is 4.39. The zero-order valence-electron chi connectivity index (χ0n) is 20.7. The molecule has 1 aliphatic rings. The summed E-state index contributed by atoms with van der Waals surface area (Å²) in [7, 11) is 3.98. The van der Waals surface area contributed by atoms with Crippen LogP contribution in [-0.2, 0) is 0 Å². The number of urea groups is 1. The second kappa shape index (κ2) is 9.32. The number of imidazole rings is 1. The Balaban J connectivity index is 1.20. The number of benzene rings is 2. The van der Waals surface area contributed by atoms with Gasteiger partial charge < -0.3 is 25.0 Å². The number of aromatic nitrogens is 4. The lowest BCUT2D eigenvalue weighted by Crippen LogP contribution is -2.50. The van der Waals surface area contributed by atoms with Gasteiger partial charge in [-0.25, -0.2) is 14.5 Å². The summed E-state index contributed by atoms with van der Waals surface area (Å²) in [4.78, 5) is 27.1. The highest BCUT2D eigenvalue weighted by Crippen LogP contribution is 2.25. The number of anilines is 3. The number of nitrogens with zero attached hydrogens (tertiary/aromatic N) is 6. The average molecular weight is 473 g/mol. The molecule has 0 aliphatic carbocycles. The molecule has 5 rings (SSSR count). The zero-order chi connectivity index (χ0) is 24.5. The summed E-state index contributed by atoms with van der Waals surface area (Å²) in [5.74, 6) is 0.846. The molecule has 2 amide bonds. The van der Waals surface area contributed by atoms with E-state index in [1.807, 2.05) is 59.0 Å². The molecule has 2 aromatic carbocycles. The van der Waals surface area contributed by atoms with Crippen LogP contribution in [0.15, 0.2) is 54.7 Å². The number of carbonyl (C=O) groups is 1. The van der Waals surface area contributed by atoms with Crippen LogP contribution in [0.25, 0.3) is 22.6 Å². The molecule has 0 atom stereocenters. The van der Waals surface area contributed by atoms with Crippen molar-refractivity contribution in [3.63, 3.8) is 0 Å². The van der Waals surface area contributed by atoms with Crippen LogP contribution in [0.4, 0.5) is 21.9 Å². The summed E-state index contributed by atoms with van der Waals surface area (Å²) in [6.45, 7) is 7.13. The van der Waals surface area contributed by atoms with Gasteiger partial charge in [0.15, 0.2) is 5.65 Å². The maximum atomic E-state index is 12.8. The summed E-state index contributed by atoms with van der Waals surface area (Å²) in [5, 5.41) is 7.43. The van der Waals surface area contributed by atoms with E-state index in [-0.39, 0.29) is 12.1 Å². The first-order valence-electron chi connectivity index (χ1n) is 12.0. The van der Waals surface area contributed by atoms with Crippen LogP contribution >= 0.6 is 0 Å². The Hall–Kier alpha value is -4.01. The molecule has 0 saturated carbocycles. The van der Waals surface area contributed by atoms with Gasteiger partial charge in [-0.3, -0.25) is 0 Å². The topological polar surface area (TPSA) is 85.3 Å². The zero-order valence-corrected chi connectivity index (χ0v) is 20.7. The van der Waals surface area contributed by atoms with Crippen molar-refractivity contribution in [3.8, 4) is 11.4 Å². The van der Waals surface area contributed by atoms with Crippen LogP contribution in [0, 0.1) is 0 Å². The van der Waals surface area contributed by atoms with Gasteiger partial charge in [-0.15, -0.1) is 0 Å². The molecule has 182 valence electrons. The Kier molecular flexibility index (Phi) is 6.07. The molecule has 0 spiro atoms. The van der Waals surface area contributed by atoms with Crippen molar-refractivity contribution in [1.82, 2.24) is 24.6 Å². The van der Waals surface area contributed by atoms with E-state index >= 15 is 0 Å². The normalized spacial score (nSPS) is 14.1. The van der Waals surface area contributed by atoms with Gasteiger partial charge in [0.2, 0.25) is 0 Å². The van der Waals surface area contributed by atoms with Gasteiger partial charge in [-0.1, -0.05) is 6.07 Å². The van der Waals surface area contributed by atoms with Gasteiger partial charge in [-0.05, 0) is 56.3 Å². The maximum absolute atomic E-state index is 12.8. The third kappa shape index (κ3) is 4.66. The predicted octanol–water partition coefficient (Wildman–Crippen LogP) is 4.43. The van der Waals surface area contributed by atoms with Gasteiger partial charge in [0, 0.05) is 68.9 Å². The number of amides is 2. The first kappa shape index (κ1) is 22.8. The minimum absolute atomic E-state index is 0.0549. The average Bonchev–Trinajstić information content (AvgIpc) is 3.45. The van der Waals surface area contributed by atoms with E-state index in [1.54, 1.807) is 0 Å². The molecule has 4 aromatic rings. The lowest BCUT2D eigenvalue weighted by molar-refractivity contribution is 0.208. The van der Waals surface area contributed by atoms with E-state index in [2.05, 4.69) is 58.4 Å². The quantitative estimate of drug-likeness (QED) is 0.449. The SMILES string of the molecule is CC(C)n1ncc2[nH]c(-c3ccc(N4CCN(C(=O)Nc5cccc(N(C)C)c5)CC4)cc3)nc21. The van der Waals surface area contributed by atoms with Crippen molar-refractivity contribution in [2.24, 2.45) is 0 Å². The van der Waals surface area contributed by atoms with Gasteiger partial charge in [-0.2, -0.15) is 5.10 Å². The monoisotopic (exact) mass is 472 g/mol. The van der Waals surface area contributed by atoms with E-state index in [4.69, 9.17) is 4.98 Å². The smallest absolute Gasteiger partial charge is 0.321 e. The minimum Gasteiger partial charge on any atom is -0.378 e. The molecule has 9 heteroatoms. The minimum atomic E-state index is -0.0549. The fraction of sp³-hybridized carbons (Fsp3) is 0.346. The number of hydrogen-bond donors (Lipinski definition) is 2. The lowest BCUT2D eigenvalue weighted by atomic mass is 10.1. The molecule has 0 bridgehead atoms. The molecule has 2 N–H and O–H groups in total. The molecule has 2 aromatic heterocycles. The highest BCUT2D eigenvalue weighted by Gasteiger charge is 2.22. The molecule has 1 fully saturated rings. The van der Waals surface area contributed by atoms with Gasteiger partial charge in [0.05, 0.1) is 6.20 Å². The first-order valence-corrected chi connectivity index (χ1v) is 12.0. The molecular weight excluding hydrogens is 440 g/mol. The number of nitrogens with one attached hydrogen (secondary N) is 2. The van der Waals surface area contributed by atoms with E-state index in [0.29, 0.717) is 13.1 Å². The van der Waals surface area contributed by atoms with Gasteiger partial charge >= 0.3 is 6.03 Å². The van der Waals surface area contributed by atoms with E-state index < -0.39 is 0 Å².